The highest BCUT2D eigenvalue weighted by molar-refractivity contribution is 5.82. The van der Waals surface area contributed by atoms with Crippen LogP contribution in [0.5, 0.6) is 5.75 Å². The lowest BCUT2D eigenvalue weighted by atomic mass is 9.81. The van der Waals surface area contributed by atoms with Gasteiger partial charge in [-0.1, -0.05) is 33.3 Å². The van der Waals surface area contributed by atoms with Crippen LogP contribution in [0.25, 0.3) is 0 Å². The Kier molecular flexibility index (Phi) is 5.43. The Morgan fingerprint density at radius 1 is 1.45 bits per heavy atom. The first kappa shape index (κ1) is 16.8. The second kappa shape index (κ2) is 7.12. The highest BCUT2D eigenvalue weighted by atomic mass is 19.1. The van der Waals surface area contributed by atoms with E-state index in [9.17, 15) is 9.18 Å². The third-order valence-electron chi connectivity index (χ3n) is 4.68. The molecular weight excluding hydrogens is 281 g/mol. The van der Waals surface area contributed by atoms with Gasteiger partial charge in [0.2, 0.25) is 5.91 Å². The van der Waals surface area contributed by atoms with Crippen molar-refractivity contribution in [2.45, 2.75) is 58.9 Å². The number of nitrogens with one attached hydrogen (secondary N) is 1. The molecular formula is C18H26FNO2. The Balaban J connectivity index is 2.21. The van der Waals surface area contributed by atoms with Crippen molar-refractivity contribution in [2.75, 3.05) is 6.61 Å². The summed E-state index contributed by atoms with van der Waals surface area (Å²) in [5.74, 6) is 0.325. The zero-order valence-corrected chi connectivity index (χ0v) is 13.7. The molecule has 1 amide bonds. The number of fused-ring (bicyclic) bond motifs is 1. The summed E-state index contributed by atoms with van der Waals surface area (Å²) < 4.78 is 19.0. The summed E-state index contributed by atoms with van der Waals surface area (Å²) in [6, 6.07) is 4.46. The standard InChI is InChI=1S/C18H26FNO2/c1-4-10-18(3,5-2)17(21)20-15-7-6-11-22-16-12-13(19)8-9-14(15)16/h8-9,12,15H,4-7,10-11H2,1-3H3,(H,20,21)/t15-,18+/m1/s1. The molecule has 0 spiro atoms. The van der Waals surface area contributed by atoms with E-state index in [4.69, 9.17) is 4.74 Å². The summed E-state index contributed by atoms with van der Waals surface area (Å²) >= 11 is 0. The van der Waals surface area contributed by atoms with Gasteiger partial charge in [-0.2, -0.15) is 0 Å². The van der Waals surface area contributed by atoms with Crippen LogP contribution >= 0.6 is 0 Å². The number of benzene rings is 1. The Labute approximate surface area is 132 Å². The molecule has 1 heterocycles. The lowest BCUT2D eigenvalue weighted by Gasteiger charge is -2.29. The quantitative estimate of drug-likeness (QED) is 0.877. The summed E-state index contributed by atoms with van der Waals surface area (Å²) in [6.07, 6.45) is 4.32. The maximum absolute atomic E-state index is 13.4. The van der Waals surface area contributed by atoms with E-state index in [1.165, 1.54) is 12.1 Å². The fourth-order valence-corrected chi connectivity index (χ4v) is 3.03. The van der Waals surface area contributed by atoms with Crippen molar-refractivity contribution in [1.29, 1.82) is 0 Å². The summed E-state index contributed by atoms with van der Waals surface area (Å²) in [7, 11) is 0. The van der Waals surface area contributed by atoms with E-state index in [-0.39, 0.29) is 23.2 Å². The van der Waals surface area contributed by atoms with Crippen molar-refractivity contribution in [2.24, 2.45) is 5.41 Å². The van der Waals surface area contributed by atoms with Crippen LogP contribution in [-0.4, -0.2) is 12.5 Å². The number of amides is 1. The second-order valence-electron chi connectivity index (χ2n) is 6.36. The van der Waals surface area contributed by atoms with Crippen LogP contribution in [0.15, 0.2) is 18.2 Å². The van der Waals surface area contributed by atoms with Gasteiger partial charge < -0.3 is 10.1 Å². The minimum Gasteiger partial charge on any atom is -0.493 e. The number of halogens is 1. The number of hydrogen-bond donors (Lipinski definition) is 1. The van der Waals surface area contributed by atoms with Crippen LogP contribution in [0.2, 0.25) is 0 Å². The van der Waals surface area contributed by atoms with Crippen molar-refractivity contribution >= 4 is 5.91 Å². The molecule has 0 aromatic heterocycles. The minimum absolute atomic E-state index is 0.0824. The molecule has 1 aromatic rings. The van der Waals surface area contributed by atoms with Gasteiger partial charge in [0.05, 0.1) is 12.6 Å². The zero-order valence-electron chi connectivity index (χ0n) is 13.7. The second-order valence-corrected chi connectivity index (χ2v) is 6.36. The van der Waals surface area contributed by atoms with Crippen molar-refractivity contribution in [3.8, 4) is 5.75 Å². The van der Waals surface area contributed by atoms with Crippen molar-refractivity contribution in [3.05, 3.63) is 29.6 Å². The monoisotopic (exact) mass is 307 g/mol. The van der Waals surface area contributed by atoms with E-state index in [0.29, 0.717) is 12.4 Å². The smallest absolute Gasteiger partial charge is 0.226 e. The number of hydrogen-bond acceptors (Lipinski definition) is 2. The van der Waals surface area contributed by atoms with Gasteiger partial charge >= 0.3 is 0 Å². The number of carbonyl (C=O) groups is 1. The summed E-state index contributed by atoms with van der Waals surface area (Å²) in [5, 5.41) is 3.17. The largest absolute Gasteiger partial charge is 0.493 e. The predicted molar refractivity (Wildman–Crippen MR) is 85.3 cm³/mol. The maximum Gasteiger partial charge on any atom is 0.226 e. The van der Waals surface area contributed by atoms with Gasteiger partial charge in [-0.05, 0) is 31.7 Å². The van der Waals surface area contributed by atoms with Gasteiger partial charge in [-0.3, -0.25) is 4.79 Å². The number of carbonyl (C=O) groups excluding carboxylic acids is 1. The first-order chi connectivity index (χ1) is 10.5. The van der Waals surface area contributed by atoms with E-state index >= 15 is 0 Å². The van der Waals surface area contributed by atoms with Gasteiger partial charge in [-0.25, -0.2) is 4.39 Å². The fourth-order valence-electron chi connectivity index (χ4n) is 3.03. The molecule has 0 saturated carbocycles. The fraction of sp³-hybridized carbons (Fsp3) is 0.611. The average Bonchev–Trinajstić information content (AvgIpc) is 2.69. The maximum atomic E-state index is 13.4. The van der Waals surface area contributed by atoms with Crippen molar-refractivity contribution in [1.82, 2.24) is 5.32 Å². The molecule has 3 nitrogen and oxygen atoms in total. The van der Waals surface area contributed by atoms with Crippen molar-refractivity contribution in [3.63, 3.8) is 0 Å². The van der Waals surface area contributed by atoms with Crippen LogP contribution in [0.4, 0.5) is 4.39 Å². The Bertz CT molecular complexity index is 532. The molecule has 22 heavy (non-hydrogen) atoms. The van der Waals surface area contributed by atoms with Crippen LogP contribution in [0.3, 0.4) is 0 Å². The highest BCUT2D eigenvalue weighted by Gasteiger charge is 2.33. The van der Waals surface area contributed by atoms with Crippen molar-refractivity contribution < 1.29 is 13.9 Å². The molecule has 122 valence electrons. The van der Waals surface area contributed by atoms with E-state index in [2.05, 4.69) is 19.2 Å². The molecule has 0 unspecified atom stereocenters. The minimum atomic E-state index is -0.345. The Hall–Kier alpha value is -1.58. The van der Waals surface area contributed by atoms with Gasteiger partial charge in [0.25, 0.3) is 0 Å². The van der Waals surface area contributed by atoms with Crippen LogP contribution in [0, 0.1) is 11.2 Å². The third kappa shape index (κ3) is 3.60. The molecule has 2 rings (SSSR count). The number of rotatable bonds is 5. The van der Waals surface area contributed by atoms with Gasteiger partial charge in [0.1, 0.15) is 11.6 Å². The molecule has 0 radical (unpaired) electrons. The van der Waals surface area contributed by atoms with Gasteiger partial charge in [-0.15, -0.1) is 0 Å². The molecule has 0 aliphatic carbocycles. The van der Waals surface area contributed by atoms with Gasteiger partial charge in [0, 0.05) is 17.0 Å². The molecule has 0 fully saturated rings. The highest BCUT2D eigenvalue weighted by Crippen LogP contribution is 2.34. The van der Waals surface area contributed by atoms with E-state index in [1.54, 1.807) is 6.07 Å². The predicted octanol–water partition coefficient (Wildman–Crippen LogP) is 4.37. The van der Waals surface area contributed by atoms with Gasteiger partial charge in [0.15, 0.2) is 0 Å². The summed E-state index contributed by atoms with van der Waals surface area (Å²) in [4.78, 5) is 12.7. The molecule has 0 saturated heterocycles. The molecule has 1 N–H and O–H groups in total. The first-order valence-corrected chi connectivity index (χ1v) is 8.23. The Morgan fingerprint density at radius 2 is 2.23 bits per heavy atom. The number of ether oxygens (including phenoxy) is 1. The summed E-state index contributed by atoms with van der Waals surface area (Å²) in [5.41, 5.74) is 0.532. The van der Waals surface area contributed by atoms with Crippen LogP contribution < -0.4 is 10.1 Å². The SMILES string of the molecule is CCC[C@](C)(CC)C(=O)N[C@@H]1CCCOc2cc(F)ccc21. The van der Waals surface area contributed by atoms with Crippen LogP contribution in [0.1, 0.15) is 64.5 Å². The lowest BCUT2D eigenvalue weighted by molar-refractivity contribution is -0.131. The lowest BCUT2D eigenvalue weighted by Crippen LogP contribution is -2.40. The summed E-state index contributed by atoms with van der Waals surface area (Å²) in [6.45, 7) is 6.72. The topological polar surface area (TPSA) is 38.3 Å². The van der Waals surface area contributed by atoms with E-state index in [1.807, 2.05) is 6.92 Å². The molecule has 1 aliphatic rings. The average molecular weight is 307 g/mol. The molecule has 1 aliphatic heterocycles. The zero-order chi connectivity index (χ0) is 16.2. The first-order valence-electron chi connectivity index (χ1n) is 8.23. The third-order valence-corrected chi connectivity index (χ3v) is 4.68. The molecule has 2 atom stereocenters. The van der Waals surface area contributed by atoms with Crippen LogP contribution in [-0.2, 0) is 4.79 Å². The Morgan fingerprint density at radius 3 is 2.91 bits per heavy atom. The van der Waals surface area contributed by atoms with E-state index in [0.717, 1.165) is 37.7 Å². The molecule has 4 heteroatoms. The molecule has 1 aromatic carbocycles. The van der Waals surface area contributed by atoms with E-state index < -0.39 is 0 Å². The normalized spacial score (nSPS) is 20.3. The molecule has 0 bridgehead atoms.